The molecule has 0 amide bonds. The molecular formula is C17H27NS. The minimum Gasteiger partial charge on any atom is -0.327 e. The van der Waals surface area contributed by atoms with Gasteiger partial charge in [-0.05, 0) is 32.3 Å². The van der Waals surface area contributed by atoms with Crippen LogP contribution in [0, 0.1) is 13.8 Å². The predicted molar refractivity (Wildman–Crippen MR) is 86.7 cm³/mol. The van der Waals surface area contributed by atoms with Gasteiger partial charge in [-0.1, -0.05) is 55.0 Å². The maximum atomic E-state index is 6.35. The van der Waals surface area contributed by atoms with E-state index >= 15 is 0 Å². The molecule has 0 bridgehead atoms. The molecule has 1 aliphatic carbocycles. The van der Waals surface area contributed by atoms with Crippen molar-refractivity contribution in [1.29, 1.82) is 0 Å². The Morgan fingerprint density at radius 3 is 2.32 bits per heavy atom. The number of aryl methyl sites for hydroxylation is 2. The van der Waals surface area contributed by atoms with Crippen molar-refractivity contribution in [2.45, 2.75) is 69.4 Å². The van der Waals surface area contributed by atoms with Gasteiger partial charge < -0.3 is 5.73 Å². The maximum Gasteiger partial charge on any atom is 0.0202 e. The first-order valence-electron chi connectivity index (χ1n) is 7.59. The molecule has 2 rings (SSSR count). The highest BCUT2D eigenvalue weighted by molar-refractivity contribution is 7.99. The molecule has 2 atom stereocenters. The molecule has 0 spiro atoms. The van der Waals surface area contributed by atoms with Gasteiger partial charge in [0.1, 0.15) is 0 Å². The summed E-state index contributed by atoms with van der Waals surface area (Å²) in [7, 11) is 0. The number of hydrogen-bond donors (Lipinski definition) is 1. The van der Waals surface area contributed by atoms with E-state index in [9.17, 15) is 0 Å². The lowest BCUT2D eigenvalue weighted by atomic mass is 9.97. The fraction of sp³-hybridized carbons (Fsp3) is 0.647. The van der Waals surface area contributed by atoms with Gasteiger partial charge in [0.2, 0.25) is 0 Å². The van der Waals surface area contributed by atoms with Crippen LogP contribution in [0.25, 0.3) is 0 Å². The van der Waals surface area contributed by atoms with Crippen LogP contribution in [-0.2, 0) is 5.75 Å². The Morgan fingerprint density at radius 2 is 1.63 bits per heavy atom. The first kappa shape index (κ1) is 14.9. The van der Waals surface area contributed by atoms with Crippen LogP contribution in [0.4, 0.5) is 0 Å². The normalized spacial score (nSPS) is 24.8. The summed E-state index contributed by atoms with van der Waals surface area (Å²) in [5.74, 6) is 1.11. The van der Waals surface area contributed by atoms with E-state index in [1.807, 2.05) is 0 Å². The van der Waals surface area contributed by atoms with Gasteiger partial charge >= 0.3 is 0 Å². The largest absolute Gasteiger partial charge is 0.327 e. The molecule has 0 radical (unpaired) electrons. The SMILES string of the molecule is Cc1cc(C)cc(CSC2CCCCCCC2N)c1. The third-order valence-corrected chi connectivity index (χ3v) is 5.51. The van der Waals surface area contributed by atoms with Gasteiger partial charge in [0.15, 0.2) is 0 Å². The highest BCUT2D eigenvalue weighted by atomic mass is 32.2. The lowest BCUT2D eigenvalue weighted by Crippen LogP contribution is -2.33. The highest BCUT2D eigenvalue weighted by Gasteiger charge is 2.19. The summed E-state index contributed by atoms with van der Waals surface area (Å²) in [6, 6.07) is 7.27. The zero-order valence-corrected chi connectivity index (χ0v) is 13.1. The van der Waals surface area contributed by atoms with E-state index < -0.39 is 0 Å². The average Bonchev–Trinajstić information content (AvgIpc) is 2.32. The van der Waals surface area contributed by atoms with Crippen LogP contribution >= 0.6 is 11.8 Å². The molecule has 0 aromatic heterocycles. The summed E-state index contributed by atoms with van der Waals surface area (Å²) in [6.07, 6.45) is 7.97. The van der Waals surface area contributed by atoms with Crippen LogP contribution in [0.2, 0.25) is 0 Å². The van der Waals surface area contributed by atoms with Crippen molar-refractivity contribution in [3.8, 4) is 0 Å². The molecule has 2 unspecified atom stereocenters. The van der Waals surface area contributed by atoms with Crippen molar-refractivity contribution < 1.29 is 0 Å². The molecule has 0 heterocycles. The van der Waals surface area contributed by atoms with Gasteiger partial charge in [-0.2, -0.15) is 11.8 Å². The van der Waals surface area contributed by atoms with Crippen molar-refractivity contribution in [3.63, 3.8) is 0 Å². The number of benzene rings is 1. The summed E-state index contributed by atoms with van der Waals surface area (Å²) in [6.45, 7) is 4.37. The number of hydrogen-bond acceptors (Lipinski definition) is 2. The zero-order valence-electron chi connectivity index (χ0n) is 12.3. The molecule has 19 heavy (non-hydrogen) atoms. The second-order valence-electron chi connectivity index (χ2n) is 6.00. The van der Waals surface area contributed by atoms with Gasteiger partial charge in [-0.25, -0.2) is 0 Å². The smallest absolute Gasteiger partial charge is 0.0202 e. The molecule has 2 N–H and O–H groups in total. The van der Waals surface area contributed by atoms with Crippen molar-refractivity contribution in [3.05, 3.63) is 34.9 Å². The van der Waals surface area contributed by atoms with E-state index in [2.05, 4.69) is 43.8 Å². The second kappa shape index (κ2) is 7.35. The molecule has 0 saturated heterocycles. The molecule has 106 valence electrons. The summed E-state index contributed by atoms with van der Waals surface area (Å²) in [5.41, 5.74) is 10.6. The Balaban J connectivity index is 1.92. The Kier molecular flexibility index (Phi) is 5.77. The van der Waals surface area contributed by atoms with Gasteiger partial charge in [-0.3, -0.25) is 0 Å². The van der Waals surface area contributed by atoms with Crippen molar-refractivity contribution in [2.24, 2.45) is 5.73 Å². The minimum absolute atomic E-state index is 0.399. The number of rotatable bonds is 3. The van der Waals surface area contributed by atoms with Gasteiger partial charge in [0, 0.05) is 17.0 Å². The van der Waals surface area contributed by atoms with Crippen LogP contribution in [0.5, 0.6) is 0 Å². The fourth-order valence-electron chi connectivity index (χ4n) is 3.04. The van der Waals surface area contributed by atoms with Gasteiger partial charge in [0.25, 0.3) is 0 Å². The summed E-state index contributed by atoms with van der Waals surface area (Å²) >= 11 is 2.07. The Morgan fingerprint density at radius 1 is 1.00 bits per heavy atom. The van der Waals surface area contributed by atoms with Crippen LogP contribution in [0.3, 0.4) is 0 Å². The van der Waals surface area contributed by atoms with Crippen LogP contribution < -0.4 is 5.73 Å². The average molecular weight is 277 g/mol. The molecule has 1 aromatic rings. The third-order valence-electron chi connectivity index (χ3n) is 4.00. The Hall–Kier alpha value is -0.470. The molecule has 1 aromatic carbocycles. The van der Waals surface area contributed by atoms with E-state index in [0.29, 0.717) is 11.3 Å². The van der Waals surface area contributed by atoms with E-state index in [4.69, 9.17) is 5.73 Å². The molecule has 2 heteroatoms. The Bertz CT molecular complexity index is 382. The molecule has 1 aliphatic rings. The molecule has 1 saturated carbocycles. The van der Waals surface area contributed by atoms with E-state index in [1.165, 1.54) is 55.2 Å². The van der Waals surface area contributed by atoms with Gasteiger partial charge in [0.05, 0.1) is 0 Å². The quantitative estimate of drug-likeness (QED) is 0.874. The van der Waals surface area contributed by atoms with Crippen LogP contribution in [0.1, 0.15) is 55.2 Å². The summed E-state index contributed by atoms with van der Waals surface area (Å²) in [5, 5.41) is 0.654. The van der Waals surface area contributed by atoms with Crippen molar-refractivity contribution >= 4 is 11.8 Å². The number of thioether (sulfide) groups is 1. The first-order valence-corrected chi connectivity index (χ1v) is 8.64. The second-order valence-corrected chi connectivity index (χ2v) is 7.23. The topological polar surface area (TPSA) is 26.0 Å². The standard InChI is InChI=1S/C17H27NS/c1-13-9-14(2)11-15(10-13)12-19-17-8-6-4-3-5-7-16(17)18/h9-11,16-17H,3-8,12,18H2,1-2H3. The third kappa shape index (κ3) is 4.85. The molecule has 1 fully saturated rings. The molecule has 0 aliphatic heterocycles. The fourth-order valence-corrected chi connectivity index (χ4v) is 4.33. The minimum atomic E-state index is 0.399. The van der Waals surface area contributed by atoms with E-state index in [0.717, 1.165) is 5.75 Å². The van der Waals surface area contributed by atoms with Gasteiger partial charge in [-0.15, -0.1) is 0 Å². The van der Waals surface area contributed by atoms with E-state index in [1.54, 1.807) is 0 Å². The predicted octanol–water partition coefficient (Wildman–Crippen LogP) is 4.59. The molecular weight excluding hydrogens is 250 g/mol. The first-order chi connectivity index (χ1) is 9.15. The summed E-state index contributed by atoms with van der Waals surface area (Å²) < 4.78 is 0. The maximum absolute atomic E-state index is 6.35. The molecule has 1 nitrogen and oxygen atoms in total. The van der Waals surface area contributed by atoms with Crippen LogP contribution in [-0.4, -0.2) is 11.3 Å². The van der Waals surface area contributed by atoms with Crippen molar-refractivity contribution in [1.82, 2.24) is 0 Å². The van der Waals surface area contributed by atoms with E-state index in [-0.39, 0.29) is 0 Å². The van der Waals surface area contributed by atoms with Crippen LogP contribution in [0.15, 0.2) is 18.2 Å². The summed E-state index contributed by atoms with van der Waals surface area (Å²) in [4.78, 5) is 0. The monoisotopic (exact) mass is 277 g/mol. The lowest BCUT2D eigenvalue weighted by molar-refractivity contribution is 0.463. The van der Waals surface area contributed by atoms with Crippen molar-refractivity contribution in [2.75, 3.05) is 0 Å². The highest BCUT2D eigenvalue weighted by Crippen LogP contribution is 2.29. The lowest BCUT2D eigenvalue weighted by Gasteiger charge is -2.26. The Labute approximate surface area is 122 Å². The number of nitrogens with two attached hydrogens (primary N) is 1. The zero-order chi connectivity index (χ0) is 13.7.